The van der Waals surface area contributed by atoms with Crippen LogP contribution in [0.1, 0.15) is 5.82 Å². The van der Waals surface area contributed by atoms with E-state index in [2.05, 4.69) is 15.3 Å². The lowest BCUT2D eigenvalue weighted by Crippen LogP contribution is -2.36. The maximum Gasteiger partial charge on any atom is 0.234 e. The third kappa shape index (κ3) is 4.35. The average Bonchev–Trinajstić information content (AvgIpc) is 2.87. The van der Waals surface area contributed by atoms with Gasteiger partial charge < -0.3 is 15.8 Å². The molecule has 2 heterocycles. The molecule has 0 bridgehead atoms. The van der Waals surface area contributed by atoms with Gasteiger partial charge in [0.1, 0.15) is 16.5 Å². The Balaban J connectivity index is 1.91. The van der Waals surface area contributed by atoms with Gasteiger partial charge in [-0.25, -0.2) is 9.97 Å². The number of ether oxygens (including phenoxy) is 1. The number of hydrogen-bond acceptors (Lipinski definition) is 7. The summed E-state index contributed by atoms with van der Waals surface area (Å²) < 4.78 is 4.88. The number of fused-ring (bicyclic) bond motifs is 1. The van der Waals surface area contributed by atoms with E-state index in [4.69, 9.17) is 10.5 Å². The van der Waals surface area contributed by atoms with Gasteiger partial charge in [0.15, 0.2) is 0 Å². The van der Waals surface area contributed by atoms with Crippen LogP contribution in [-0.2, 0) is 16.1 Å². The summed E-state index contributed by atoms with van der Waals surface area (Å²) in [4.78, 5) is 23.1. The highest BCUT2D eigenvalue weighted by atomic mass is 32.1. The van der Waals surface area contributed by atoms with Crippen molar-refractivity contribution in [3.05, 3.63) is 17.3 Å². The molecule has 114 valence electrons. The van der Waals surface area contributed by atoms with E-state index in [1.807, 2.05) is 23.4 Å². The van der Waals surface area contributed by atoms with Crippen molar-refractivity contribution >= 4 is 33.3 Å². The molecule has 0 saturated carbocycles. The predicted molar refractivity (Wildman–Crippen MR) is 83.0 cm³/mol. The third-order valence-corrected chi connectivity index (χ3v) is 3.66. The first-order valence-electron chi connectivity index (χ1n) is 6.54. The summed E-state index contributed by atoms with van der Waals surface area (Å²) in [5.41, 5.74) is 5.90. The van der Waals surface area contributed by atoms with Crippen LogP contribution in [0.25, 0.3) is 10.2 Å². The second-order valence-corrected chi connectivity index (χ2v) is 5.57. The van der Waals surface area contributed by atoms with Gasteiger partial charge in [-0.2, -0.15) is 0 Å². The normalized spacial score (nSPS) is 11.2. The summed E-state index contributed by atoms with van der Waals surface area (Å²) in [6, 6.07) is 1.91. The fourth-order valence-corrected chi connectivity index (χ4v) is 2.68. The average molecular weight is 309 g/mol. The maximum absolute atomic E-state index is 11.7. The molecule has 8 heteroatoms. The van der Waals surface area contributed by atoms with Gasteiger partial charge in [-0.05, 0) is 18.5 Å². The van der Waals surface area contributed by atoms with Crippen molar-refractivity contribution in [3.8, 4) is 0 Å². The van der Waals surface area contributed by atoms with Gasteiger partial charge >= 0.3 is 0 Å². The van der Waals surface area contributed by atoms with E-state index < -0.39 is 0 Å². The number of rotatable bonds is 7. The number of thiophene rings is 1. The predicted octanol–water partition coefficient (Wildman–Crippen LogP) is 0.468. The lowest BCUT2D eigenvalue weighted by atomic mass is 10.3. The lowest BCUT2D eigenvalue weighted by Gasteiger charge is -2.15. The molecule has 0 aliphatic heterocycles. The van der Waals surface area contributed by atoms with Gasteiger partial charge in [0.05, 0.1) is 25.1 Å². The number of hydrogen-bond donors (Lipinski definition) is 2. The molecule has 0 radical (unpaired) electrons. The van der Waals surface area contributed by atoms with E-state index in [1.165, 1.54) is 11.3 Å². The molecule has 2 aromatic rings. The molecule has 2 rings (SSSR count). The van der Waals surface area contributed by atoms with Gasteiger partial charge in [0.2, 0.25) is 5.91 Å². The monoisotopic (exact) mass is 309 g/mol. The van der Waals surface area contributed by atoms with E-state index >= 15 is 0 Å². The highest BCUT2D eigenvalue weighted by Gasteiger charge is 2.11. The maximum atomic E-state index is 11.7. The minimum absolute atomic E-state index is 0.0558. The lowest BCUT2D eigenvalue weighted by molar-refractivity contribution is -0.122. The standard InChI is InChI=1S/C13H19N5O2S/c1-18(8-11(19)15-4-5-20-2)7-10-16-12(14)9-3-6-21-13(9)17-10/h3,6H,4-5,7-8H2,1-2H3,(H,15,19)(H2,14,16,17). The molecule has 2 aromatic heterocycles. The van der Waals surface area contributed by atoms with Crippen molar-refractivity contribution in [2.75, 3.05) is 39.6 Å². The Morgan fingerprint density at radius 3 is 3.10 bits per heavy atom. The first-order valence-corrected chi connectivity index (χ1v) is 7.42. The van der Waals surface area contributed by atoms with Crippen LogP contribution in [0, 0.1) is 0 Å². The van der Waals surface area contributed by atoms with E-state index in [0.29, 0.717) is 31.3 Å². The smallest absolute Gasteiger partial charge is 0.234 e. The van der Waals surface area contributed by atoms with Crippen LogP contribution in [-0.4, -0.2) is 54.6 Å². The van der Waals surface area contributed by atoms with Crippen molar-refractivity contribution in [3.63, 3.8) is 0 Å². The van der Waals surface area contributed by atoms with Crippen molar-refractivity contribution in [1.82, 2.24) is 20.2 Å². The third-order valence-electron chi connectivity index (χ3n) is 2.85. The minimum Gasteiger partial charge on any atom is -0.383 e. The highest BCUT2D eigenvalue weighted by molar-refractivity contribution is 7.16. The van der Waals surface area contributed by atoms with Crippen LogP contribution in [0.5, 0.6) is 0 Å². The van der Waals surface area contributed by atoms with Crippen LogP contribution >= 0.6 is 11.3 Å². The summed E-state index contributed by atoms with van der Waals surface area (Å²) in [6.45, 7) is 1.75. The molecule has 7 nitrogen and oxygen atoms in total. The van der Waals surface area contributed by atoms with Crippen molar-refractivity contribution in [2.24, 2.45) is 0 Å². The Morgan fingerprint density at radius 1 is 1.52 bits per heavy atom. The number of amides is 1. The summed E-state index contributed by atoms with van der Waals surface area (Å²) in [6.07, 6.45) is 0. The van der Waals surface area contributed by atoms with E-state index in [-0.39, 0.29) is 12.5 Å². The van der Waals surface area contributed by atoms with Crippen molar-refractivity contribution in [1.29, 1.82) is 0 Å². The fourth-order valence-electron chi connectivity index (χ4n) is 1.89. The van der Waals surface area contributed by atoms with Gasteiger partial charge in [0, 0.05) is 13.7 Å². The molecule has 0 atom stereocenters. The van der Waals surface area contributed by atoms with Crippen LogP contribution in [0.15, 0.2) is 11.4 Å². The zero-order valence-corrected chi connectivity index (χ0v) is 12.9. The number of nitrogens with two attached hydrogens (primary N) is 1. The zero-order valence-electron chi connectivity index (χ0n) is 12.1. The molecule has 0 aromatic carbocycles. The van der Waals surface area contributed by atoms with Gasteiger partial charge in [-0.1, -0.05) is 0 Å². The number of methoxy groups -OCH3 is 1. The Bertz CT molecular complexity index is 616. The van der Waals surface area contributed by atoms with E-state index in [1.54, 1.807) is 7.11 Å². The quantitative estimate of drug-likeness (QED) is 0.722. The van der Waals surface area contributed by atoms with E-state index in [9.17, 15) is 4.79 Å². The Morgan fingerprint density at radius 2 is 2.33 bits per heavy atom. The SMILES string of the molecule is COCCNC(=O)CN(C)Cc1nc(N)c2ccsc2n1. The molecule has 0 fully saturated rings. The molecule has 1 amide bonds. The summed E-state index contributed by atoms with van der Waals surface area (Å²) in [5.74, 6) is 1.04. The fraction of sp³-hybridized carbons (Fsp3) is 0.462. The number of anilines is 1. The Labute approximate surface area is 127 Å². The second kappa shape index (κ2) is 7.30. The summed E-state index contributed by atoms with van der Waals surface area (Å²) >= 11 is 1.53. The Hall–Kier alpha value is -1.77. The van der Waals surface area contributed by atoms with Crippen LogP contribution in [0.3, 0.4) is 0 Å². The molecule has 0 aliphatic carbocycles. The largest absolute Gasteiger partial charge is 0.383 e. The molecule has 0 saturated heterocycles. The second-order valence-electron chi connectivity index (χ2n) is 4.68. The Kier molecular flexibility index (Phi) is 5.43. The van der Waals surface area contributed by atoms with Crippen LogP contribution in [0.2, 0.25) is 0 Å². The van der Waals surface area contributed by atoms with Crippen molar-refractivity contribution < 1.29 is 9.53 Å². The van der Waals surface area contributed by atoms with E-state index in [0.717, 1.165) is 10.2 Å². The number of nitrogens with zero attached hydrogens (tertiary/aromatic N) is 3. The molecule has 0 spiro atoms. The number of likely N-dealkylation sites (N-methyl/N-ethyl adjacent to an activating group) is 1. The number of nitrogens with one attached hydrogen (secondary N) is 1. The van der Waals surface area contributed by atoms with Gasteiger partial charge in [0.25, 0.3) is 0 Å². The summed E-state index contributed by atoms with van der Waals surface area (Å²) in [5, 5.41) is 5.58. The highest BCUT2D eigenvalue weighted by Crippen LogP contribution is 2.22. The molecule has 3 N–H and O–H groups in total. The molecule has 0 unspecified atom stereocenters. The first-order chi connectivity index (χ1) is 10.1. The molecular formula is C13H19N5O2S. The molecular weight excluding hydrogens is 290 g/mol. The van der Waals surface area contributed by atoms with Crippen molar-refractivity contribution in [2.45, 2.75) is 6.54 Å². The molecule has 21 heavy (non-hydrogen) atoms. The van der Waals surface area contributed by atoms with Gasteiger partial charge in [-0.3, -0.25) is 9.69 Å². The van der Waals surface area contributed by atoms with Crippen LogP contribution < -0.4 is 11.1 Å². The number of carbonyl (C=O) groups is 1. The zero-order chi connectivity index (χ0) is 15.2. The van der Waals surface area contributed by atoms with Crippen LogP contribution in [0.4, 0.5) is 5.82 Å². The number of nitrogen functional groups attached to an aromatic ring is 1. The van der Waals surface area contributed by atoms with Gasteiger partial charge in [-0.15, -0.1) is 11.3 Å². The molecule has 0 aliphatic rings. The topological polar surface area (TPSA) is 93.4 Å². The summed E-state index contributed by atoms with van der Waals surface area (Å²) in [7, 11) is 3.44. The minimum atomic E-state index is -0.0558. The number of carbonyl (C=O) groups excluding carboxylic acids is 1. The number of aromatic nitrogens is 2. The first kappa shape index (κ1) is 15.6.